The minimum atomic E-state index is -0.132. The van der Waals surface area contributed by atoms with Crippen molar-refractivity contribution in [2.45, 2.75) is 32.3 Å². The molecule has 0 amide bonds. The van der Waals surface area contributed by atoms with Crippen LogP contribution in [0.4, 0.5) is 0 Å². The van der Waals surface area contributed by atoms with Crippen molar-refractivity contribution >= 4 is 0 Å². The molecule has 1 fully saturated rings. The predicted octanol–water partition coefficient (Wildman–Crippen LogP) is -0.333. The topological polar surface area (TPSA) is 70.5 Å². The second kappa shape index (κ2) is 6.09. The smallest absolute Gasteiger partial charge is 0.345 e. The molecule has 0 spiro atoms. The molecule has 4 N–H and O–H groups in total. The fraction of sp³-hybridized carbons (Fsp3) is 1.00. The summed E-state index contributed by atoms with van der Waals surface area (Å²) >= 11 is 0. The van der Waals surface area contributed by atoms with Crippen LogP contribution in [-0.4, -0.2) is 31.6 Å². The Labute approximate surface area is 93.6 Å². The molecule has 5 heteroatoms. The van der Waals surface area contributed by atoms with E-state index in [9.17, 15) is 0 Å². The van der Waals surface area contributed by atoms with Crippen molar-refractivity contribution in [2.75, 3.05) is 13.1 Å². The molecule has 2 unspecified atom stereocenters. The Bertz CT molecular complexity index is 134. The molecule has 1 aliphatic heterocycles. The van der Waals surface area contributed by atoms with Gasteiger partial charge in [0.05, 0.1) is 0 Å². The van der Waals surface area contributed by atoms with E-state index in [1.54, 1.807) is 0 Å². The van der Waals surface area contributed by atoms with Gasteiger partial charge < -0.3 is 20.9 Å². The third-order valence-electron chi connectivity index (χ3n) is 2.04. The molecule has 1 rings (SSSR count). The van der Waals surface area contributed by atoms with Crippen molar-refractivity contribution in [3.8, 4) is 0 Å². The van der Waals surface area contributed by atoms with Gasteiger partial charge >= 0.3 is 21.1 Å². The van der Waals surface area contributed by atoms with Gasteiger partial charge in [0.15, 0.2) is 6.29 Å². The van der Waals surface area contributed by atoms with Gasteiger partial charge in [0, 0.05) is 19.0 Å². The van der Waals surface area contributed by atoms with Crippen molar-refractivity contribution < 1.29 is 30.5 Å². The van der Waals surface area contributed by atoms with Crippen molar-refractivity contribution in [1.82, 2.24) is 0 Å². The van der Waals surface area contributed by atoms with Crippen LogP contribution >= 0.6 is 0 Å². The molecule has 1 saturated heterocycles. The van der Waals surface area contributed by atoms with Crippen LogP contribution in [0.25, 0.3) is 0 Å². The first-order valence-electron chi connectivity index (χ1n) is 4.40. The van der Waals surface area contributed by atoms with Crippen LogP contribution in [0, 0.1) is 5.92 Å². The van der Waals surface area contributed by atoms with Crippen molar-refractivity contribution in [3.05, 3.63) is 0 Å². The van der Waals surface area contributed by atoms with Crippen LogP contribution in [0.15, 0.2) is 0 Å². The summed E-state index contributed by atoms with van der Waals surface area (Å²) in [5.74, 6) is 0.357. The molecule has 0 radical (unpaired) electrons. The quantitative estimate of drug-likeness (QED) is 0.715. The van der Waals surface area contributed by atoms with Crippen LogP contribution in [0.3, 0.4) is 0 Å². The summed E-state index contributed by atoms with van der Waals surface area (Å²) in [4.78, 5) is 0. The maximum Gasteiger partial charge on any atom is 2.00 e. The van der Waals surface area contributed by atoms with E-state index in [-0.39, 0.29) is 39.6 Å². The van der Waals surface area contributed by atoms with Gasteiger partial charge in [-0.1, -0.05) is 13.8 Å². The van der Waals surface area contributed by atoms with E-state index in [1.165, 1.54) is 0 Å². The number of hydrogen-bond acceptors (Lipinski definition) is 4. The zero-order chi connectivity index (χ0) is 9.14. The zero-order valence-electron chi connectivity index (χ0n) is 8.01. The molecule has 13 heavy (non-hydrogen) atoms. The van der Waals surface area contributed by atoms with Gasteiger partial charge in [0.2, 0.25) is 0 Å². The molecular weight excluding hydrogens is 351 g/mol. The summed E-state index contributed by atoms with van der Waals surface area (Å²) in [5.41, 5.74) is 11.0. The van der Waals surface area contributed by atoms with Gasteiger partial charge in [-0.3, -0.25) is 0 Å². The largest absolute Gasteiger partial charge is 2.00 e. The Morgan fingerprint density at radius 2 is 1.46 bits per heavy atom. The summed E-state index contributed by atoms with van der Waals surface area (Å²) < 4.78 is 11.1. The van der Waals surface area contributed by atoms with Crippen LogP contribution in [0.5, 0.6) is 0 Å². The monoisotopic (exact) mass is 369 g/mol. The summed E-state index contributed by atoms with van der Waals surface area (Å²) in [5, 5.41) is 0. The summed E-state index contributed by atoms with van der Waals surface area (Å²) in [6.07, 6.45) is -0.183. The van der Waals surface area contributed by atoms with Crippen molar-refractivity contribution in [1.29, 1.82) is 0 Å². The van der Waals surface area contributed by atoms with Gasteiger partial charge in [-0.15, -0.1) is 0 Å². The third kappa shape index (κ3) is 3.30. The molecule has 0 aromatic carbocycles. The third-order valence-corrected chi connectivity index (χ3v) is 2.04. The van der Waals surface area contributed by atoms with E-state index in [0.29, 0.717) is 19.0 Å². The maximum absolute atomic E-state index is 5.55. The molecule has 0 aromatic heterocycles. The molecule has 0 aliphatic carbocycles. The van der Waals surface area contributed by atoms with Gasteiger partial charge in [0.25, 0.3) is 0 Å². The average molecular weight is 369 g/mol. The van der Waals surface area contributed by atoms with Crippen LogP contribution < -0.4 is 11.5 Å². The SMILES string of the molecule is CC(C)C1OC(CN)C(CN)O1.[Pt+2]. The van der Waals surface area contributed by atoms with E-state index in [4.69, 9.17) is 20.9 Å². The molecule has 1 heterocycles. The second-order valence-electron chi connectivity index (χ2n) is 3.43. The number of rotatable bonds is 3. The fourth-order valence-electron chi connectivity index (χ4n) is 1.28. The van der Waals surface area contributed by atoms with Crippen molar-refractivity contribution in [2.24, 2.45) is 17.4 Å². The first-order chi connectivity index (χ1) is 5.69. The summed E-state index contributed by atoms with van der Waals surface area (Å²) in [6, 6.07) is 0. The minimum Gasteiger partial charge on any atom is -0.345 e. The Morgan fingerprint density at radius 1 is 1.08 bits per heavy atom. The van der Waals surface area contributed by atoms with Gasteiger partial charge in [-0.25, -0.2) is 0 Å². The average Bonchev–Trinajstić information content (AvgIpc) is 2.46. The number of ether oxygens (including phenoxy) is 2. The minimum absolute atomic E-state index is 0. The van der Waals surface area contributed by atoms with E-state index in [0.717, 1.165) is 0 Å². The van der Waals surface area contributed by atoms with E-state index < -0.39 is 0 Å². The van der Waals surface area contributed by atoms with Crippen LogP contribution in [0.1, 0.15) is 13.8 Å². The Balaban J connectivity index is 0.00000144. The van der Waals surface area contributed by atoms with E-state index >= 15 is 0 Å². The number of nitrogens with two attached hydrogens (primary N) is 2. The zero-order valence-corrected chi connectivity index (χ0v) is 10.3. The van der Waals surface area contributed by atoms with Crippen molar-refractivity contribution in [3.63, 3.8) is 0 Å². The Hall–Kier alpha value is 0.528. The Morgan fingerprint density at radius 3 is 1.69 bits per heavy atom. The standard InChI is InChI=1S/C8H18N2O2.Pt/c1-5(2)8-11-6(3-9)7(4-10)12-8;/h5-8H,3-4,9-10H2,1-2H3;/q;+2. The van der Waals surface area contributed by atoms with Gasteiger partial charge in [-0.05, 0) is 0 Å². The van der Waals surface area contributed by atoms with Gasteiger partial charge in [-0.2, -0.15) is 0 Å². The van der Waals surface area contributed by atoms with E-state index in [1.807, 2.05) is 0 Å². The predicted molar refractivity (Wildman–Crippen MR) is 46.5 cm³/mol. The fourth-order valence-corrected chi connectivity index (χ4v) is 1.28. The van der Waals surface area contributed by atoms with Crippen LogP contribution in [0.2, 0.25) is 0 Å². The molecule has 80 valence electrons. The molecular formula is C8H18N2O2Pt+2. The molecule has 0 bridgehead atoms. The molecule has 0 saturated carbocycles. The first kappa shape index (κ1) is 13.5. The van der Waals surface area contributed by atoms with Crippen LogP contribution in [-0.2, 0) is 30.5 Å². The molecule has 0 aromatic rings. The summed E-state index contributed by atoms with van der Waals surface area (Å²) in [6.45, 7) is 5.06. The summed E-state index contributed by atoms with van der Waals surface area (Å²) in [7, 11) is 0. The first-order valence-corrected chi connectivity index (χ1v) is 4.40. The Kier molecular flexibility index (Phi) is 6.34. The number of hydrogen-bond donors (Lipinski definition) is 2. The molecule has 4 nitrogen and oxygen atoms in total. The van der Waals surface area contributed by atoms with E-state index in [2.05, 4.69) is 13.8 Å². The maximum atomic E-state index is 5.55. The molecule has 1 aliphatic rings. The second-order valence-corrected chi connectivity index (χ2v) is 3.43. The molecule has 2 atom stereocenters. The normalized spacial score (nSPS) is 33.5. The van der Waals surface area contributed by atoms with Gasteiger partial charge in [0.1, 0.15) is 12.2 Å².